The van der Waals surface area contributed by atoms with Crippen molar-refractivity contribution in [1.29, 1.82) is 0 Å². The maximum atomic E-state index is 9.92. The average molecular weight is 287 g/mol. The molecule has 0 amide bonds. The number of anilines is 1. The third kappa shape index (κ3) is 2.42. The quantitative estimate of drug-likeness (QED) is 0.725. The summed E-state index contributed by atoms with van der Waals surface area (Å²) >= 11 is 1.75. The highest BCUT2D eigenvalue weighted by Gasteiger charge is 2.14. The van der Waals surface area contributed by atoms with Gasteiger partial charge in [-0.05, 0) is 43.0 Å². The van der Waals surface area contributed by atoms with E-state index in [1.54, 1.807) is 18.3 Å². The fraction of sp³-hybridized carbons (Fsp3) is 0.267. The maximum Gasteiger partial charge on any atom is 0.138 e. The summed E-state index contributed by atoms with van der Waals surface area (Å²) < 4.78 is 2.08. The van der Waals surface area contributed by atoms with Crippen LogP contribution in [-0.2, 0) is 13.0 Å². The largest absolute Gasteiger partial charge is 0.399 e. The molecule has 0 bridgehead atoms. The lowest BCUT2D eigenvalue weighted by atomic mass is 10.2. The minimum absolute atomic E-state index is 0.591. The Hall–Kier alpha value is -1.85. The second kappa shape index (κ2) is 5.26. The first-order valence-corrected chi connectivity index (χ1v) is 7.49. The highest BCUT2D eigenvalue weighted by Crippen LogP contribution is 2.23. The van der Waals surface area contributed by atoms with Crippen LogP contribution < -0.4 is 5.73 Å². The lowest BCUT2D eigenvalue weighted by Crippen LogP contribution is -2.08. The van der Waals surface area contributed by atoms with Gasteiger partial charge in [-0.3, -0.25) is 0 Å². The molecule has 0 saturated carbocycles. The van der Waals surface area contributed by atoms with E-state index in [-0.39, 0.29) is 0 Å². The van der Waals surface area contributed by atoms with Crippen molar-refractivity contribution < 1.29 is 5.11 Å². The molecular weight excluding hydrogens is 270 g/mol. The van der Waals surface area contributed by atoms with Crippen LogP contribution in [0.5, 0.6) is 0 Å². The third-order valence-electron chi connectivity index (χ3n) is 3.34. The number of rotatable bonds is 4. The van der Waals surface area contributed by atoms with Gasteiger partial charge in [0.05, 0.1) is 11.0 Å². The minimum Gasteiger partial charge on any atom is -0.399 e. The van der Waals surface area contributed by atoms with E-state index >= 15 is 0 Å². The number of aryl methyl sites for hydroxylation is 2. The van der Waals surface area contributed by atoms with E-state index < -0.39 is 6.10 Å². The van der Waals surface area contributed by atoms with E-state index in [1.807, 2.05) is 18.2 Å². The van der Waals surface area contributed by atoms with Crippen LogP contribution in [0.4, 0.5) is 5.69 Å². The number of aliphatic hydroxyl groups excluding tert-OH is 1. The molecule has 5 heteroatoms. The van der Waals surface area contributed by atoms with Crippen molar-refractivity contribution in [2.75, 3.05) is 5.73 Å². The molecule has 1 aromatic carbocycles. The van der Waals surface area contributed by atoms with Gasteiger partial charge in [0.1, 0.15) is 11.9 Å². The van der Waals surface area contributed by atoms with Crippen LogP contribution in [0.2, 0.25) is 0 Å². The van der Waals surface area contributed by atoms with Crippen molar-refractivity contribution in [1.82, 2.24) is 9.55 Å². The lowest BCUT2D eigenvalue weighted by molar-refractivity contribution is 0.184. The number of thiophene rings is 1. The molecule has 104 valence electrons. The van der Waals surface area contributed by atoms with Crippen LogP contribution in [0, 0.1) is 0 Å². The van der Waals surface area contributed by atoms with Gasteiger partial charge in [-0.2, -0.15) is 0 Å². The molecule has 3 aromatic rings. The smallest absolute Gasteiger partial charge is 0.138 e. The molecule has 0 saturated heterocycles. The normalized spacial score (nSPS) is 12.9. The van der Waals surface area contributed by atoms with E-state index in [0.717, 1.165) is 24.0 Å². The standard InChI is InChI=1S/C15H17N3OS/c1-10(19)15-17-13-9-11(16)4-5-14(13)18(15)7-6-12-3-2-8-20-12/h2-5,8-10,19H,6-7,16H2,1H3. The van der Waals surface area contributed by atoms with Crippen LogP contribution >= 0.6 is 11.3 Å². The van der Waals surface area contributed by atoms with Gasteiger partial charge in [0.2, 0.25) is 0 Å². The lowest BCUT2D eigenvalue weighted by Gasteiger charge is -2.10. The van der Waals surface area contributed by atoms with Gasteiger partial charge in [-0.1, -0.05) is 6.07 Å². The summed E-state index contributed by atoms with van der Waals surface area (Å²) in [4.78, 5) is 5.84. The zero-order valence-electron chi connectivity index (χ0n) is 11.3. The maximum absolute atomic E-state index is 9.92. The Kier molecular flexibility index (Phi) is 3.46. The Bertz CT molecular complexity index is 716. The summed E-state index contributed by atoms with van der Waals surface area (Å²) in [5.74, 6) is 0.696. The summed E-state index contributed by atoms with van der Waals surface area (Å²) in [6.45, 7) is 2.55. The highest BCUT2D eigenvalue weighted by atomic mass is 32.1. The molecule has 1 atom stereocenters. The fourth-order valence-electron chi connectivity index (χ4n) is 2.40. The first-order valence-electron chi connectivity index (χ1n) is 6.61. The monoisotopic (exact) mass is 287 g/mol. The molecule has 2 aromatic heterocycles. The van der Waals surface area contributed by atoms with Crippen LogP contribution in [0.1, 0.15) is 23.7 Å². The van der Waals surface area contributed by atoms with Crippen molar-refractivity contribution in [2.24, 2.45) is 0 Å². The van der Waals surface area contributed by atoms with Crippen LogP contribution in [0.3, 0.4) is 0 Å². The first kappa shape index (κ1) is 13.1. The summed E-state index contributed by atoms with van der Waals surface area (Å²) in [6, 6.07) is 9.88. The molecule has 0 aliphatic carbocycles. The van der Waals surface area contributed by atoms with Crippen molar-refractivity contribution in [2.45, 2.75) is 26.0 Å². The van der Waals surface area contributed by atoms with Crippen molar-refractivity contribution in [3.63, 3.8) is 0 Å². The summed E-state index contributed by atoms with van der Waals surface area (Å²) in [6.07, 6.45) is 0.347. The number of nitrogens with two attached hydrogens (primary N) is 1. The number of benzene rings is 1. The second-order valence-electron chi connectivity index (χ2n) is 4.88. The Morgan fingerprint density at radius 2 is 2.25 bits per heavy atom. The number of hydrogen-bond donors (Lipinski definition) is 2. The Labute approximate surface area is 121 Å². The average Bonchev–Trinajstić information content (AvgIpc) is 3.02. The van der Waals surface area contributed by atoms with Gasteiger partial charge < -0.3 is 15.4 Å². The summed E-state index contributed by atoms with van der Waals surface area (Å²) in [5, 5.41) is 12.0. The van der Waals surface area contributed by atoms with E-state index in [4.69, 9.17) is 5.73 Å². The molecule has 4 nitrogen and oxygen atoms in total. The number of aliphatic hydroxyl groups is 1. The summed E-state index contributed by atoms with van der Waals surface area (Å²) in [7, 11) is 0. The molecule has 3 rings (SSSR count). The zero-order chi connectivity index (χ0) is 14.1. The van der Waals surface area contributed by atoms with Crippen LogP contribution in [-0.4, -0.2) is 14.7 Å². The van der Waals surface area contributed by atoms with Gasteiger partial charge in [0.25, 0.3) is 0 Å². The molecule has 3 N–H and O–H groups in total. The van der Waals surface area contributed by atoms with E-state index in [0.29, 0.717) is 11.5 Å². The number of fused-ring (bicyclic) bond motifs is 1. The number of nitrogens with zero attached hydrogens (tertiary/aromatic N) is 2. The van der Waals surface area contributed by atoms with Crippen LogP contribution in [0.15, 0.2) is 35.7 Å². The van der Waals surface area contributed by atoms with Gasteiger partial charge in [0.15, 0.2) is 0 Å². The fourth-order valence-corrected chi connectivity index (χ4v) is 3.09. The minimum atomic E-state index is -0.591. The number of hydrogen-bond acceptors (Lipinski definition) is 4. The second-order valence-corrected chi connectivity index (χ2v) is 5.91. The molecular formula is C15H17N3OS. The van der Waals surface area contributed by atoms with E-state index in [2.05, 4.69) is 27.1 Å². The molecule has 0 aliphatic rings. The highest BCUT2D eigenvalue weighted by molar-refractivity contribution is 7.09. The number of nitrogen functional groups attached to an aromatic ring is 1. The molecule has 0 spiro atoms. The van der Waals surface area contributed by atoms with E-state index in [9.17, 15) is 5.11 Å². The Balaban J connectivity index is 2.00. The van der Waals surface area contributed by atoms with E-state index in [1.165, 1.54) is 4.88 Å². The Morgan fingerprint density at radius 1 is 1.40 bits per heavy atom. The van der Waals surface area contributed by atoms with Gasteiger partial charge in [-0.25, -0.2) is 4.98 Å². The molecule has 1 unspecified atom stereocenters. The molecule has 0 aliphatic heterocycles. The SMILES string of the molecule is CC(O)c1nc2cc(N)ccc2n1CCc1cccs1. The third-order valence-corrected chi connectivity index (χ3v) is 4.27. The number of aromatic nitrogens is 2. The topological polar surface area (TPSA) is 64.1 Å². The predicted octanol–water partition coefficient (Wildman–Crippen LogP) is 2.98. The van der Waals surface area contributed by atoms with Crippen molar-refractivity contribution in [3.8, 4) is 0 Å². The van der Waals surface area contributed by atoms with Gasteiger partial charge in [0, 0.05) is 17.1 Å². The van der Waals surface area contributed by atoms with Crippen LogP contribution in [0.25, 0.3) is 11.0 Å². The Morgan fingerprint density at radius 3 is 2.95 bits per heavy atom. The molecule has 0 radical (unpaired) electrons. The molecule has 2 heterocycles. The first-order chi connectivity index (χ1) is 9.65. The molecule has 0 fully saturated rings. The van der Waals surface area contributed by atoms with Crippen molar-refractivity contribution >= 4 is 28.1 Å². The predicted molar refractivity (Wildman–Crippen MR) is 82.8 cm³/mol. The zero-order valence-corrected chi connectivity index (χ0v) is 12.1. The van der Waals surface area contributed by atoms with Crippen molar-refractivity contribution in [3.05, 3.63) is 46.4 Å². The number of imidazole rings is 1. The van der Waals surface area contributed by atoms with Gasteiger partial charge >= 0.3 is 0 Å². The molecule has 20 heavy (non-hydrogen) atoms. The summed E-state index contributed by atoms with van der Waals surface area (Å²) in [5.41, 5.74) is 8.35. The van der Waals surface area contributed by atoms with Gasteiger partial charge in [-0.15, -0.1) is 11.3 Å².